The topological polar surface area (TPSA) is 64.7 Å². The maximum absolute atomic E-state index is 10.4. The van der Waals surface area contributed by atoms with Crippen LogP contribution >= 0.6 is 0 Å². The summed E-state index contributed by atoms with van der Waals surface area (Å²) in [6.45, 7) is 1.92. The molecule has 0 aromatic rings. The van der Waals surface area contributed by atoms with Crippen LogP contribution in [0.1, 0.15) is 19.8 Å². The van der Waals surface area contributed by atoms with Crippen molar-refractivity contribution < 1.29 is 14.6 Å². The van der Waals surface area contributed by atoms with E-state index in [9.17, 15) is 5.11 Å². The Kier molecular flexibility index (Phi) is 1.51. The van der Waals surface area contributed by atoms with E-state index in [0.29, 0.717) is 5.92 Å². The summed E-state index contributed by atoms with van der Waals surface area (Å²) in [7, 11) is 1.70. The Morgan fingerprint density at radius 1 is 1.50 bits per heavy atom. The molecule has 6 atom stereocenters. The van der Waals surface area contributed by atoms with Crippen LogP contribution in [-0.2, 0) is 9.47 Å². The maximum Gasteiger partial charge on any atom is 0.117 e. The summed E-state index contributed by atoms with van der Waals surface area (Å²) in [6, 6.07) is -0.271. The molecule has 1 aliphatic heterocycles. The third kappa shape index (κ3) is 0.758. The lowest BCUT2D eigenvalue weighted by atomic mass is 9.87. The van der Waals surface area contributed by atoms with Crippen molar-refractivity contribution in [2.45, 2.75) is 49.2 Å². The van der Waals surface area contributed by atoms with Gasteiger partial charge in [0.05, 0.1) is 12.1 Å². The van der Waals surface area contributed by atoms with E-state index in [-0.39, 0.29) is 23.9 Å². The summed E-state index contributed by atoms with van der Waals surface area (Å²) in [6.07, 6.45) is 1.46. The zero-order valence-corrected chi connectivity index (χ0v) is 8.56. The van der Waals surface area contributed by atoms with Gasteiger partial charge in [0.1, 0.15) is 17.3 Å². The van der Waals surface area contributed by atoms with Gasteiger partial charge >= 0.3 is 0 Å². The van der Waals surface area contributed by atoms with Crippen molar-refractivity contribution in [2.75, 3.05) is 7.11 Å². The summed E-state index contributed by atoms with van der Waals surface area (Å²) in [4.78, 5) is 0. The van der Waals surface area contributed by atoms with Crippen molar-refractivity contribution in [3.05, 3.63) is 0 Å². The van der Waals surface area contributed by atoms with Crippen molar-refractivity contribution in [2.24, 2.45) is 11.7 Å². The molecule has 0 bridgehead atoms. The second-order valence-electron chi connectivity index (χ2n) is 5.00. The van der Waals surface area contributed by atoms with Gasteiger partial charge in [0.2, 0.25) is 0 Å². The quantitative estimate of drug-likeness (QED) is 0.605. The molecule has 1 saturated heterocycles. The van der Waals surface area contributed by atoms with Crippen LogP contribution in [-0.4, -0.2) is 41.7 Å². The molecule has 2 aliphatic carbocycles. The minimum absolute atomic E-state index is 0.0708. The fraction of sp³-hybridized carbons (Fsp3) is 1.00. The number of hydrogen-bond donors (Lipinski definition) is 2. The first-order valence-electron chi connectivity index (χ1n) is 5.23. The molecule has 0 aromatic carbocycles. The predicted molar refractivity (Wildman–Crippen MR) is 49.7 cm³/mol. The Labute approximate surface area is 83.4 Å². The molecular formula is C10H17NO3. The molecule has 80 valence electrons. The van der Waals surface area contributed by atoms with Crippen molar-refractivity contribution in [3.63, 3.8) is 0 Å². The van der Waals surface area contributed by atoms with E-state index in [4.69, 9.17) is 15.2 Å². The Morgan fingerprint density at radius 3 is 2.86 bits per heavy atom. The molecule has 0 unspecified atom stereocenters. The number of nitrogens with two attached hydrogens (primary N) is 1. The predicted octanol–water partition coefficient (Wildman–Crippen LogP) is -0.359. The largest absolute Gasteiger partial charge is 0.385 e. The molecule has 3 aliphatic rings. The van der Waals surface area contributed by atoms with E-state index in [1.54, 1.807) is 7.11 Å². The van der Waals surface area contributed by atoms with Crippen molar-refractivity contribution in [1.82, 2.24) is 0 Å². The summed E-state index contributed by atoms with van der Waals surface area (Å²) < 4.78 is 11.3. The second kappa shape index (κ2) is 2.32. The molecule has 2 saturated carbocycles. The molecule has 0 amide bonds. The van der Waals surface area contributed by atoms with Crippen LogP contribution in [0.25, 0.3) is 0 Å². The Hall–Kier alpha value is -0.160. The molecule has 3 rings (SSSR count). The summed E-state index contributed by atoms with van der Waals surface area (Å²) in [5, 5.41) is 10.4. The lowest BCUT2D eigenvalue weighted by Gasteiger charge is -2.30. The van der Waals surface area contributed by atoms with Gasteiger partial charge in [-0.15, -0.1) is 0 Å². The van der Waals surface area contributed by atoms with Gasteiger partial charge in [-0.05, 0) is 25.7 Å². The first kappa shape index (κ1) is 9.09. The molecule has 0 spiro atoms. The third-order valence-corrected chi connectivity index (χ3v) is 4.38. The average molecular weight is 199 g/mol. The Bertz CT molecular complexity index is 281. The van der Waals surface area contributed by atoms with Crippen LogP contribution in [0.4, 0.5) is 0 Å². The lowest BCUT2D eigenvalue weighted by molar-refractivity contribution is -0.107. The van der Waals surface area contributed by atoms with Gasteiger partial charge in [-0.2, -0.15) is 0 Å². The van der Waals surface area contributed by atoms with Crippen molar-refractivity contribution >= 4 is 0 Å². The van der Waals surface area contributed by atoms with Gasteiger partial charge < -0.3 is 20.3 Å². The maximum atomic E-state index is 10.4. The normalized spacial score (nSPS) is 65.1. The van der Waals surface area contributed by atoms with Crippen LogP contribution in [0.2, 0.25) is 0 Å². The molecule has 1 heterocycles. The monoisotopic (exact) mass is 199 g/mol. The van der Waals surface area contributed by atoms with Gasteiger partial charge in [-0.25, -0.2) is 0 Å². The molecule has 14 heavy (non-hydrogen) atoms. The SMILES string of the molecule is CO[C@]12C[C@H]1C[C@]1(O)[C@@H](N)[C@H](C)O[C@@H]12. The Balaban J connectivity index is 1.96. The van der Waals surface area contributed by atoms with Gasteiger partial charge in [0.15, 0.2) is 0 Å². The zero-order valence-electron chi connectivity index (χ0n) is 8.56. The summed E-state index contributed by atoms with van der Waals surface area (Å²) in [5.74, 6) is 0.445. The van der Waals surface area contributed by atoms with E-state index < -0.39 is 5.60 Å². The summed E-state index contributed by atoms with van der Waals surface area (Å²) >= 11 is 0. The molecule has 4 nitrogen and oxygen atoms in total. The summed E-state index contributed by atoms with van der Waals surface area (Å²) in [5.41, 5.74) is 4.89. The van der Waals surface area contributed by atoms with Crippen LogP contribution < -0.4 is 5.73 Å². The van der Waals surface area contributed by atoms with E-state index in [2.05, 4.69) is 0 Å². The van der Waals surface area contributed by atoms with Gasteiger partial charge in [0, 0.05) is 7.11 Å². The highest BCUT2D eigenvalue weighted by molar-refractivity contribution is 5.28. The number of aliphatic hydroxyl groups is 1. The Morgan fingerprint density at radius 2 is 2.21 bits per heavy atom. The number of rotatable bonds is 1. The fourth-order valence-corrected chi connectivity index (χ4v) is 3.42. The van der Waals surface area contributed by atoms with Crippen LogP contribution in [0, 0.1) is 5.92 Å². The minimum atomic E-state index is -0.849. The van der Waals surface area contributed by atoms with Crippen LogP contribution in [0.15, 0.2) is 0 Å². The minimum Gasteiger partial charge on any atom is -0.385 e. The molecular weight excluding hydrogens is 182 g/mol. The molecule has 4 heteroatoms. The van der Waals surface area contributed by atoms with E-state index in [1.165, 1.54) is 0 Å². The van der Waals surface area contributed by atoms with Gasteiger partial charge in [-0.1, -0.05) is 0 Å². The lowest BCUT2D eigenvalue weighted by Crippen LogP contribution is -2.53. The molecule has 3 fully saturated rings. The zero-order chi connectivity index (χ0) is 10.1. The smallest absolute Gasteiger partial charge is 0.117 e. The fourth-order valence-electron chi connectivity index (χ4n) is 3.42. The van der Waals surface area contributed by atoms with E-state index >= 15 is 0 Å². The highest BCUT2D eigenvalue weighted by Gasteiger charge is 2.77. The van der Waals surface area contributed by atoms with Gasteiger partial charge in [-0.3, -0.25) is 0 Å². The first-order chi connectivity index (χ1) is 6.54. The number of hydrogen-bond acceptors (Lipinski definition) is 4. The van der Waals surface area contributed by atoms with Crippen molar-refractivity contribution in [1.29, 1.82) is 0 Å². The second-order valence-corrected chi connectivity index (χ2v) is 5.00. The molecule has 3 N–H and O–H groups in total. The third-order valence-electron chi connectivity index (χ3n) is 4.38. The van der Waals surface area contributed by atoms with Crippen molar-refractivity contribution in [3.8, 4) is 0 Å². The molecule has 0 aromatic heterocycles. The first-order valence-corrected chi connectivity index (χ1v) is 5.23. The van der Waals surface area contributed by atoms with E-state index in [0.717, 1.165) is 12.8 Å². The number of ether oxygens (including phenoxy) is 2. The molecule has 0 radical (unpaired) electrons. The van der Waals surface area contributed by atoms with Crippen LogP contribution in [0.3, 0.4) is 0 Å². The van der Waals surface area contributed by atoms with Crippen LogP contribution in [0.5, 0.6) is 0 Å². The number of fused-ring (bicyclic) bond motifs is 3. The average Bonchev–Trinajstić information content (AvgIpc) is 2.73. The highest BCUT2D eigenvalue weighted by atomic mass is 16.6. The highest BCUT2D eigenvalue weighted by Crippen LogP contribution is 2.65. The van der Waals surface area contributed by atoms with E-state index in [1.807, 2.05) is 6.92 Å². The number of methoxy groups -OCH3 is 1. The standard InChI is InChI=1S/C10H17NO3/c1-5-7(11)9(12)3-6-4-10(6,13-2)8(9)14-5/h5-8,12H,3-4,11H2,1-2H3/t5-,6+,7-,8-,9-,10+/m0/s1. The van der Waals surface area contributed by atoms with Gasteiger partial charge in [0.25, 0.3) is 0 Å².